The predicted octanol–water partition coefficient (Wildman–Crippen LogP) is 5.31. The fourth-order valence-electron chi connectivity index (χ4n) is 4.64. The van der Waals surface area contributed by atoms with Crippen molar-refractivity contribution in [2.24, 2.45) is 14.1 Å². The maximum absolute atomic E-state index is 13.1. The fourth-order valence-corrected chi connectivity index (χ4v) is 4.64. The Morgan fingerprint density at radius 1 is 0.771 bits per heavy atom. The lowest BCUT2D eigenvalue weighted by atomic mass is 9.93. The van der Waals surface area contributed by atoms with E-state index in [1.165, 1.54) is 0 Å². The molecule has 35 heavy (non-hydrogen) atoms. The SMILES string of the molecule is Cc1cc(-c2cc3c(-c4cc(=O)n(C)cc4-c4ccccc4C)cn(C)c(=O)c3[nH]2)cc(C)n1.Cl. The Morgan fingerprint density at radius 3 is 2.11 bits per heavy atom. The molecule has 0 spiro atoms. The third-order valence-electron chi connectivity index (χ3n) is 6.31. The maximum Gasteiger partial charge on any atom is 0.274 e. The molecule has 0 amide bonds. The van der Waals surface area contributed by atoms with Crippen LogP contribution in [0, 0.1) is 20.8 Å². The second-order valence-corrected chi connectivity index (χ2v) is 8.93. The number of benzene rings is 1. The van der Waals surface area contributed by atoms with Crippen molar-refractivity contribution in [2.75, 3.05) is 0 Å². The highest BCUT2D eigenvalue weighted by molar-refractivity contribution is 6.01. The Hall–Kier alpha value is -3.90. The number of aromatic amines is 1. The number of fused-ring (bicyclic) bond motifs is 1. The second kappa shape index (κ2) is 9.04. The summed E-state index contributed by atoms with van der Waals surface area (Å²) in [4.78, 5) is 33.6. The quantitative estimate of drug-likeness (QED) is 0.375. The minimum Gasteiger partial charge on any atom is -0.350 e. The van der Waals surface area contributed by atoms with Crippen LogP contribution in [0.15, 0.2) is 70.5 Å². The molecule has 0 unspecified atom stereocenters. The Labute approximate surface area is 209 Å². The van der Waals surface area contributed by atoms with Crippen LogP contribution in [0.4, 0.5) is 0 Å². The monoisotopic (exact) mass is 486 g/mol. The highest BCUT2D eigenvalue weighted by Gasteiger charge is 2.18. The molecule has 0 saturated heterocycles. The maximum atomic E-state index is 13.1. The summed E-state index contributed by atoms with van der Waals surface area (Å²) >= 11 is 0. The van der Waals surface area contributed by atoms with Crippen molar-refractivity contribution < 1.29 is 0 Å². The third kappa shape index (κ3) is 4.21. The van der Waals surface area contributed by atoms with E-state index in [9.17, 15) is 9.59 Å². The zero-order valence-corrected chi connectivity index (χ0v) is 21.2. The zero-order chi connectivity index (χ0) is 24.1. The summed E-state index contributed by atoms with van der Waals surface area (Å²) in [6, 6.07) is 15.8. The number of pyridine rings is 3. The molecule has 0 bridgehead atoms. The predicted molar refractivity (Wildman–Crippen MR) is 144 cm³/mol. The van der Waals surface area contributed by atoms with Crippen molar-refractivity contribution in [1.29, 1.82) is 0 Å². The van der Waals surface area contributed by atoms with E-state index in [1.807, 2.05) is 56.6 Å². The molecule has 0 aliphatic heterocycles. The van der Waals surface area contributed by atoms with Gasteiger partial charge in [0.1, 0.15) is 5.52 Å². The highest BCUT2D eigenvalue weighted by Crippen LogP contribution is 2.37. The summed E-state index contributed by atoms with van der Waals surface area (Å²) in [5, 5.41) is 0.785. The lowest BCUT2D eigenvalue weighted by molar-refractivity contribution is 0.860. The first kappa shape index (κ1) is 24.2. The van der Waals surface area contributed by atoms with Gasteiger partial charge in [0, 0.05) is 71.7 Å². The van der Waals surface area contributed by atoms with Crippen molar-refractivity contribution in [1.82, 2.24) is 19.1 Å². The number of nitrogens with one attached hydrogen (secondary N) is 1. The van der Waals surface area contributed by atoms with Gasteiger partial charge in [-0.3, -0.25) is 14.6 Å². The number of aromatic nitrogens is 4. The molecule has 0 atom stereocenters. The van der Waals surface area contributed by atoms with Gasteiger partial charge in [-0.2, -0.15) is 0 Å². The van der Waals surface area contributed by atoms with Gasteiger partial charge in [0.25, 0.3) is 11.1 Å². The van der Waals surface area contributed by atoms with Crippen LogP contribution >= 0.6 is 12.4 Å². The van der Waals surface area contributed by atoms with Crippen LogP contribution < -0.4 is 11.1 Å². The molecule has 1 N–H and O–H groups in total. The second-order valence-electron chi connectivity index (χ2n) is 8.93. The molecule has 5 aromatic rings. The summed E-state index contributed by atoms with van der Waals surface area (Å²) in [5.41, 5.74) is 8.66. The van der Waals surface area contributed by atoms with Gasteiger partial charge in [-0.15, -0.1) is 12.4 Å². The molecule has 7 heteroatoms. The fraction of sp³-hybridized carbons (Fsp3) is 0.179. The van der Waals surface area contributed by atoms with E-state index in [1.54, 1.807) is 29.3 Å². The molecule has 0 fully saturated rings. The number of H-pyrrole nitrogens is 1. The van der Waals surface area contributed by atoms with Crippen molar-refractivity contribution in [3.8, 4) is 33.5 Å². The van der Waals surface area contributed by atoms with Crippen molar-refractivity contribution in [2.45, 2.75) is 20.8 Å². The number of nitrogens with zero attached hydrogens (tertiary/aromatic N) is 3. The molecule has 1 aromatic carbocycles. The summed E-state index contributed by atoms with van der Waals surface area (Å²) in [6.45, 7) is 5.97. The van der Waals surface area contributed by atoms with Gasteiger partial charge in [-0.1, -0.05) is 24.3 Å². The normalized spacial score (nSPS) is 11.0. The summed E-state index contributed by atoms with van der Waals surface area (Å²) in [7, 11) is 3.49. The molecular formula is C28H27ClN4O2. The first-order valence-electron chi connectivity index (χ1n) is 11.2. The minimum atomic E-state index is -0.117. The lowest BCUT2D eigenvalue weighted by Crippen LogP contribution is -2.18. The van der Waals surface area contributed by atoms with Gasteiger partial charge in [0.15, 0.2) is 0 Å². The van der Waals surface area contributed by atoms with E-state index >= 15 is 0 Å². The van der Waals surface area contributed by atoms with Crippen LogP contribution in [0.1, 0.15) is 17.0 Å². The standard InChI is InChI=1S/C28H26N4O2.ClH/c1-16-8-6-7-9-20(16)23-14-31(4)26(33)13-21(23)24-15-32(5)28(34)27-22(24)12-25(30-27)19-10-17(2)29-18(3)11-19;/h6-15,30H,1-5H3;1H. The molecular weight excluding hydrogens is 460 g/mol. The Morgan fingerprint density at radius 2 is 1.43 bits per heavy atom. The third-order valence-corrected chi connectivity index (χ3v) is 6.31. The topological polar surface area (TPSA) is 72.7 Å². The van der Waals surface area contributed by atoms with Gasteiger partial charge in [-0.25, -0.2) is 0 Å². The molecule has 0 saturated carbocycles. The zero-order valence-electron chi connectivity index (χ0n) is 20.3. The van der Waals surface area contributed by atoms with Gasteiger partial charge in [-0.05, 0) is 55.7 Å². The number of halogens is 1. The van der Waals surface area contributed by atoms with E-state index in [4.69, 9.17) is 0 Å². The first-order chi connectivity index (χ1) is 16.2. The first-order valence-corrected chi connectivity index (χ1v) is 11.2. The molecule has 0 radical (unpaired) electrons. The van der Waals surface area contributed by atoms with Crippen LogP contribution in [0.5, 0.6) is 0 Å². The molecule has 4 heterocycles. The highest BCUT2D eigenvalue weighted by atomic mass is 35.5. The molecule has 0 aliphatic rings. The van der Waals surface area contributed by atoms with E-state index in [-0.39, 0.29) is 23.5 Å². The Balaban J connectivity index is 0.00000289. The van der Waals surface area contributed by atoms with Gasteiger partial charge in [0.2, 0.25) is 0 Å². The minimum absolute atomic E-state index is 0. The average Bonchev–Trinajstić information content (AvgIpc) is 3.24. The summed E-state index contributed by atoms with van der Waals surface area (Å²) in [6.07, 6.45) is 3.70. The van der Waals surface area contributed by atoms with Crippen LogP contribution in [0.2, 0.25) is 0 Å². The molecule has 4 aromatic heterocycles. The number of hydrogen-bond acceptors (Lipinski definition) is 3. The smallest absolute Gasteiger partial charge is 0.274 e. The summed E-state index contributed by atoms with van der Waals surface area (Å²) < 4.78 is 3.16. The molecule has 0 aliphatic carbocycles. The van der Waals surface area contributed by atoms with E-state index in [2.05, 4.69) is 29.0 Å². The molecule has 178 valence electrons. The van der Waals surface area contributed by atoms with Crippen molar-refractivity contribution in [3.05, 3.63) is 98.6 Å². The van der Waals surface area contributed by atoms with Gasteiger partial charge in [0.05, 0.1) is 0 Å². The Kier molecular flexibility index (Phi) is 6.26. The number of rotatable bonds is 3. The van der Waals surface area contributed by atoms with Crippen LogP contribution in [-0.4, -0.2) is 19.1 Å². The molecule has 6 nitrogen and oxygen atoms in total. The van der Waals surface area contributed by atoms with Gasteiger partial charge < -0.3 is 14.1 Å². The summed E-state index contributed by atoms with van der Waals surface area (Å²) in [5.74, 6) is 0. The number of aryl methyl sites for hydroxylation is 5. The molecule has 5 rings (SSSR count). The van der Waals surface area contributed by atoms with Crippen LogP contribution in [-0.2, 0) is 14.1 Å². The largest absolute Gasteiger partial charge is 0.350 e. The number of hydrogen-bond donors (Lipinski definition) is 1. The van der Waals surface area contributed by atoms with Crippen LogP contribution in [0.3, 0.4) is 0 Å². The van der Waals surface area contributed by atoms with E-state index in [0.717, 1.165) is 55.8 Å². The van der Waals surface area contributed by atoms with Crippen molar-refractivity contribution in [3.63, 3.8) is 0 Å². The van der Waals surface area contributed by atoms with Gasteiger partial charge >= 0.3 is 0 Å². The van der Waals surface area contributed by atoms with E-state index in [0.29, 0.717) is 5.52 Å². The van der Waals surface area contributed by atoms with Crippen LogP contribution in [0.25, 0.3) is 44.4 Å². The van der Waals surface area contributed by atoms with Crippen molar-refractivity contribution >= 4 is 23.3 Å². The lowest BCUT2D eigenvalue weighted by Gasteiger charge is -2.15. The van der Waals surface area contributed by atoms with E-state index < -0.39 is 0 Å². The average molecular weight is 487 g/mol. The Bertz CT molecular complexity index is 1690.